The highest BCUT2D eigenvalue weighted by atomic mass is 35.5. The first-order valence-electron chi connectivity index (χ1n) is 9.26. The second kappa shape index (κ2) is 9.37. The molecule has 29 heavy (non-hydrogen) atoms. The van der Waals surface area contributed by atoms with Crippen LogP contribution in [0, 0.1) is 26.6 Å². The van der Waals surface area contributed by atoms with Crippen LogP contribution in [0.25, 0.3) is 11.3 Å². The van der Waals surface area contributed by atoms with Gasteiger partial charge in [0.05, 0.1) is 12.3 Å². The van der Waals surface area contributed by atoms with E-state index in [1.165, 1.54) is 23.5 Å². The Balaban J connectivity index is 1.50. The van der Waals surface area contributed by atoms with Crippen molar-refractivity contribution in [2.45, 2.75) is 33.6 Å². The van der Waals surface area contributed by atoms with E-state index in [0.29, 0.717) is 24.6 Å². The lowest BCUT2D eigenvalue weighted by Gasteiger charge is -2.09. The summed E-state index contributed by atoms with van der Waals surface area (Å²) in [5, 5.41) is 4.11. The van der Waals surface area contributed by atoms with E-state index >= 15 is 0 Å². The van der Waals surface area contributed by atoms with Crippen molar-refractivity contribution in [3.8, 4) is 17.0 Å². The van der Waals surface area contributed by atoms with Crippen LogP contribution in [0.4, 0.5) is 9.52 Å². The molecule has 0 aliphatic rings. The molecule has 3 aromatic rings. The average molecular weight is 433 g/mol. The fourth-order valence-corrected chi connectivity index (χ4v) is 3.88. The van der Waals surface area contributed by atoms with Crippen molar-refractivity contribution >= 4 is 34.0 Å². The number of carbonyl (C=O) groups excluding carboxylic acids is 1. The summed E-state index contributed by atoms with van der Waals surface area (Å²) in [7, 11) is 0. The largest absolute Gasteiger partial charge is 0.494 e. The zero-order valence-corrected chi connectivity index (χ0v) is 18.1. The Labute approximate surface area is 178 Å². The summed E-state index contributed by atoms with van der Waals surface area (Å²) in [4.78, 5) is 17.6. The minimum Gasteiger partial charge on any atom is -0.494 e. The summed E-state index contributed by atoms with van der Waals surface area (Å²) in [5.74, 6) is 0.349. The number of amides is 1. The van der Waals surface area contributed by atoms with Crippen molar-refractivity contribution in [3.05, 3.63) is 63.2 Å². The van der Waals surface area contributed by atoms with Crippen LogP contribution >= 0.6 is 22.9 Å². The molecule has 3 rings (SSSR count). The number of nitrogens with one attached hydrogen (secondary N) is 1. The number of rotatable bonds is 7. The topological polar surface area (TPSA) is 51.2 Å². The third kappa shape index (κ3) is 5.55. The molecule has 1 N–H and O–H groups in total. The molecule has 152 valence electrons. The Morgan fingerprint density at radius 1 is 1.17 bits per heavy atom. The number of aryl methyl sites for hydroxylation is 3. The van der Waals surface area contributed by atoms with Crippen molar-refractivity contribution in [2.75, 3.05) is 11.9 Å². The lowest BCUT2D eigenvalue weighted by molar-refractivity contribution is -0.116. The maximum absolute atomic E-state index is 13.1. The monoisotopic (exact) mass is 432 g/mol. The molecule has 2 aromatic carbocycles. The van der Waals surface area contributed by atoms with Gasteiger partial charge in [0.25, 0.3) is 0 Å². The average Bonchev–Trinajstić information content (AvgIpc) is 3.03. The third-order valence-corrected chi connectivity index (χ3v) is 5.87. The summed E-state index contributed by atoms with van der Waals surface area (Å²) in [5.41, 5.74) is 3.51. The second-order valence-electron chi connectivity index (χ2n) is 6.80. The van der Waals surface area contributed by atoms with E-state index in [1.807, 2.05) is 32.9 Å². The lowest BCUT2D eigenvalue weighted by atomic mass is 10.1. The normalized spacial score (nSPS) is 10.8. The number of hydrogen-bond acceptors (Lipinski definition) is 4. The summed E-state index contributed by atoms with van der Waals surface area (Å²) in [6.07, 6.45) is 0.914. The predicted octanol–water partition coefficient (Wildman–Crippen LogP) is 6.33. The number of aromatic nitrogens is 1. The number of nitrogens with zero attached hydrogens (tertiary/aromatic N) is 1. The highest BCUT2D eigenvalue weighted by molar-refractivity contribution is 7.16. The molecule has 1 amide bonds. The number of carbonyl (C=O) groups is 1. The molecule has 0 atom stereocenters. The summed E-state index contributed by atoms with van der Waals surface area (Å²) < 4.78 is 18.8. The minimum absolute atomic E-state index is 0.114. The fourth-order valence-electron chi connectivity index (χ4n) is 2.92. The van der Waals surface area contributed by atoms with Gasteiger partial charge in [-0.25, -0.2) is 9.37 Å². The lowest BCUT2D eigenvalue weighted by Crippen LogP contribution is -2.12. The van der Waals surface area contributed by atoms with Gasteiger partial charge in [-0.1, -0.05) is 11.6 Å². The van der Waals surface area contributed by atoms with Crippen LogP contribution in [-0.2, 0) is 4.79 Å². The van der Waals surface area contributed by atoms with E-state index in [2.05, 4.69) is 10.3 Å². The van der Waals surface area contributed by atoms with Gasteiger partial charge in [-0.2, -0.15) is 0 Å². The number of benzene rings is 2. The summed E-state index contributed by atoms with van der Waals surface area (Å²) >= 11 is 7.56. The van der Waals surface area contributed by atoms with Crippen LogP contribution in [0.1, 0.15) is 28.8 Å². The Morgan fingerprint density at radius 2 is 1.83 bits per heavy atom. The van der Waals surface area contributed by atoms with E-state index in [1.54, 1.807) is 12.1 Å². The van der Waals surface area contributed by atoms with Crippen molar-refractivity contribution in [1.29, 1.82) is 0 Å². The number of thiazole rings is 1. The van der Waals surface area contributed by atoms with Gasteiger partial charge < -0.3 is 10.1 Å². The van der Waals surface area contributed by atoms with Gasteiger partial charge in [0.1, 0.15) is 11.6 Å². The molecule has 0 saturated heterocycles. The van der Waals surface area contributed by atoms with Crippen molar-refractivity contribution < 1.29 is 13.9 Å². The number of anilines is 1. The Kier molecular flexibility index (Phi) is 6.87. The molecular formula is C22H22ClFN2O2S. The Hall–Kier alpha value is -2.44. The van der Waals surface area contributed by atoms with Crippen LogP contribution < -0.4 is 10.1 Å². The predicted molar refractivity (Wildman–Crippen MR) is 117 cm³/mol. The number of hydrogen-bond donors (Lipinski definition) is 1. The SMILES string of the molecule is Cc1cc(OCCCC(=O)Nc2nc(-c3ccc(F)cc3)c(C)s2)cc(C)c1Cl. The molecule has 0 spiro atoms. The molecule has 0 aliphatic carbocycles. The smallest absolute Gasteiger partial charge is 0.226 e. The van der Waals surface area contributed by atoms with E-state index in [-0.39, 0.29) is 11.7 Å². The molecule has 0 fully saturated rings. The van der Waals surface area contributed by atoms with Gasteiger partial charge in [0.15, 0.2) is 5.13 Å². The second-order valence-corrected chi connectivity index (χ2v) is 8.38. The Morgan fingerprint density at radius 3 is 2.48 bits per heavy atom. The van der Waals surface area contributed by atoms with Gasteiger partial charge in [-0.15, -0.1) is 11.3 Å². The van der Waals surface area contributed by atoms with Crippen LogP contribution in [0.5, 0.6) is 5.75 Å². The van der Waals surface area contributed by atoms with Crippen molar-refractivity contribution in [3.63, 3.8) is 0 Å². The first-order valence-corrected chi connectivity index (χ1v) is 10.5. The van der Waals surface area contributed by atoms with Crippen molar-refractivity contribution in [1.82, 2.24) is 4.98 Å². The fraction of sp³-hybridized carbons (Fsp3) is 0.273. The molecule has 4 nitrogen and oxygen atoms in total. The van der Waals surface area contributed by atoms with Gasteiger partial charge in [0, 0.05) is 21.9 Å². The summed E-state index contributed by atoms with van der Waals surface area (Å²) in [6, 6.07) is 9.95. The number of ether oxygens (including phenoxy) is 1. The first kappa shape index (κ1) is 21.3. The molecule has 7 heteroatoms. The molecule has 1 heterocycles. The quantitative estimate of drug-likeness (QED) is 0.444. The molecule has 0 radical (unpaired) electrons. The highest BCUT2D eigenvalue weighted by Crippen LogP contribution is 2.30. The van der Waals surface area contributed by atoms with Gasteiger partial charge in [-0.3, -0.25) is 4.79 Å². The van der Waals surface area contributed by atoms with E-state index in [0.717, 1.165) is 38.0 Å². The highest BCUT2D eigenvalue weighted by Gasteiger charge is 2.12. The zero-order chi connectivity index (χ0) is 21.0. The molecular weight excluding hydrogens is 411 g/mol. The molecule has 0 unspecified atom stereocenters. The van der Waals surface area contributed by atoms with E-state index in [4.69, 9.17) is 16.3 Å². The Bertz CT molecular complexity index is 995. The standard InChI is InChI=1S/C22H22ClFN2O2S/c1-13-11-18(12-14(2)20(13)23)28-10-4-5-19(27)25-22-26-21(15(3)29-22)16-6-8-17(24)9-7-16/h6-9,11-12H,4-5,10H2,1-3H3,(H,25,26,27). The van der Waals surface area contributed by atoms with Gasteiger partial charge >= 0.3 is 0 Å². The maximum Gasteiger partial charge on any atom is 0.226 e. The summed E-state index contributed by atoms with van der Waals surface area (Å²) in [6.45, 7) is 6.24. The van der Waals surface area contributed by atoms with Crippen LogP contribution in [0.15, 0.2) is 36.4 Å². The van der Waals surface area contributed by atoms with E-state index in [9.17, 15) is 9.18 Å². The van der Waals surface area contributed by atoms with Gasteiger partial charge in [0.2, 0.25) is 5.91 Å². The molecule has 1 aromatic heterocycles. The molecule has 0 saturated carbocycles. The van der Waals surface area contributed by atoms with Crippen LogP contribution in [0.2, 0.25) is 5.02 Å². The molecule has 0 bridgehead atoms. The van der Waals surface area contributed by atoms with Gasteiger partial charge in [-0.05, 0) is 74.7 Å². The first-order chi connectivity index (χ1) is 13.8. The van der Waals surface area contributed by atoms with E-state index < -0.39 is 0 Å². The van der Waals surface area contributed by atoms with Crippen LogP contribution in [0.3, 0.4) is 0 Å². The molecule has 0 aliphatic heterocycles. The number of halogens is 2. The maximum atomic E-state index is 13.1. The third-order valence-electron chi connectivity index (χ3n) is 4.39. The van der Waals surface area contributed by atoms with Crippen molar-refractivity contribution in [2.24, 2.45) is 0 Å². The zero-order valence-electron chi connectivity index (χ0n) is 16.5. The van der Waals surface area contributed by atoms with Crippen LogP contribution in [-0.4, -0.2) is 17.5 Å². The minimum atomic E-state index is -0.290.